The van der Waals surface area contributed by atoms with Crippen LogP contribution in [0.4, 0.5) is 0 Å². The standard InChI is InChI=1S/C13H10Cl2N2O/c14-11-6-3-5-10(12(11)15)13(18)17-8-9-4-1-2-7-16-9/h1-7H,8H2,(H,17,18). The summed E-state index contributed by atoms with van der Waals surface area (Å²) < 4.78 is 0. The van der Waals surface area contributed by atoms with Crippen molar-refractivity contribution in [3.05, 3.63) is 63.9 Å². The highest BCUT2D eigenvalue weighted by Crippen LogP contribution is 2.25. The summed E-state index contributed by atoms with van der Waals surface area (Å²) in [4.78, 5) is 16.0. The van der Waals surface area contributed by atoms with Crippen molar-refractivity contribution in [2.45, 2.75) is 6.54 Å². The van der Waals surface area contributed by atoms with Crippen LogP contribution in [0.2, 0.25) is 10.0 Å². The average Bonchev–Trinajstić information content (AvgIpc) is 2.40. The Kier molecular flexibility index (Phi) is 4.18. The largest absolute Gasteiger partial charge is 0.346 e. The van der Waals surface area contributed by atoms with E-state index in [4.69, 9.17) is 23.2 Å². The van der Waals surface area contributed by atoms with Crippen LogP contribution in [0.5, 0.6) is 0 Å². The van der Waals surface area contributed by atoms with Crippen molar-refractivity contribution in [3.8, 4) is 0 Å². The molecule has 0 radical (unpaired) electrons. The van der Waals surface area contributed by atoms with Crippen molar-refractivity contribution in [1.82, 2.24) is 10.3 Å². The van der Waals surface area contributed by atoms with Crippen LogP contribution in [0.1, 0.15) is 16.1 Å². The minimum atomic E-state index is -0.270. The van der Waals surface area contributed by atoms with E-state index in [1.165, 1.54) is 0 Å². The van der Waals surface area contributed by atoms with Gasteiger partial charge in [0.15, 0.2) is 0 Å². The Morgan fingerprint density at radius 3 is 2.72 bits per heavy atom. The van der Waals surface area contributed by atoms with E-state index < -0.39 is 0 Å². The van der Waals surface area contributed by atoms with Gasteiger partial charge in [0, 0.05) is 6.20 Å². The summed E-state index contributed by atoms with van der Waals surface area (Å²) >= 11 is 11.8. The molecule has 0 saturated carbocycles. The number of carbonyl (C=O) groups excluding carboxylic acids is 1. The Hall–Kier alpha value is -1.58. The van der Waals surface area contributed by atoms with E-state index in [9.17, 15) is 4.79 Å². The van der Waals surface area contributed by atoms with Gasteiger partial charge in [-0.1, -0.05) is 35.3 Å². The van der Waals surface area contributed by atoms with Gasteiger partial charge in [-0.15, -0.1) is 0 Å². The highest BCUT2D eigenvalue weighted by molar-refractivity contribution is 6.43. The molecule has 0 aliphatic heterocycles. The lowest BCUT2D eigenvalue weighted by atomic mass is 10.2. The Labute approximate surface area is 115 Å². The zero-order valence-corrected chi connectivity index (χ0v) is 10.9. The van der Waals surface area contributed by atoms with Crippen molar-refractivity contribution in [2.75, 3.05) is 0 Å². The van der Waals surface area contributed by atoms with Crippen LogP contribution < -0.4 is 5.32 Å². The number of aromatic nitrogens is 1. The lowest BCUT2D eigenvalue weighted by Gasteiger charge is -2.07. The van der Waals surface area contributed by atoms with Crippen molar-refractivity contribution in [1.29, 1.82) is 0 Å². The van der Waals surface area contributed by atoms with Crippen LogP contribution >= 0.6 is 23.2 Å². The molecule has 1 amide bonds. The smallest absolute Gasteiger partial charge is 0.253 e. The number of hydrogen-bond acceptors (Lipinski definition) is 2. The molecule has 5 heteroatoms. The van der Waals surface area contributed by atoms with Crippen molar-refractivity contribution >= 4 is 29.1 Å². The van der Waals surface area contributed by atoms with Gasteiger partial charge in [-0.25, -0.2) is 0 Å². The van der Waals surface area contributed by atoms with Gasteiger partial charge in [0.2, 0.25) is 0 Å². The molecule has 1 aromatic carbocycles. The van der Waals surface area contributed by atoms with Gasteiger partial charge >= 0.3 is 0 Å². The Bertz CT molecular complexity index is 558. The molecule has 0 bridgehead atoms. The predicted molar refractivity (Wildman–Crippen MR) is 71.9 cm³/mol. The Morgan fingerprint density at radius 1 is 1.17 bits per heavy atom. The number of pyridine rings is 1. The fourth-order valence-electron chi connectivity index (χ4n) is 1.45. The molecular weight excluding hydrogens is 271 g/mol. The summed E-state index contributed by atoms with van der Waals surface area (Å²) in [6, 6.07) is 10.5. The first-order chi connectivity index (χ1) is 8.68. The summed E-state index contributed by atoms with van der Waals surface area (Å²) in [6.07, 6.45) is 1.67. The Balaban J connectivity index is 2.07. The summed E-state index contributed by atoms with van der Waals surface area (Å²) in [5.74, 6) is -0.270. The number of hydrogen-bond donors (Lipinski definition) is 1. The number of halogens is 2. The minimum Gasteiger partial charge on any atom is -0.346 e. The average molecular weight is 281 g/mol. The van der Waals surface area contributed by atoms with E-state index in [-0.39, 0.29) is 10.9 Å². The predicted octanol–water partition coefficient (Wildman–Crippen LogP) is 3.32. The molecule has 1 aromatic heterocycles. The molecule has 2 aromatic rings. The third-order valence-electron chi connectivity index (χ3n) is 2.35. The summed E-state index contributed by atoms with van der Waals surface area (Å²) in [6.45, 7) is 0.350. The molecule has 1 heterocycles. The maximum absolute atomic E-state index is 11.9. The van der Waals surface area contributed by atoms with Crippen molar-refractivity contribution < 1.29 is 4.79 Å². The van der Waals surface area contributed by atoms with E-state index >= 15 is 0 Å². The van der Waals surface area contributed by atoms with Gasteiger partial charge in [0.05, 0.1) is 27.8 Å². The molecule has 0 spiro atoms. The third-order valence-corrected chi connectivity index (χ3v) is 3.17. The molecule has 0 atom stereocenters. The highest BCUT2D eigenvalue weighted by atomic mass is 35.5. The normalized spacial score (nSPS) is 10.1. The van der Waals surface area contributed by atoms with Crippen molar-refractivity contribution in [2.24, 2.45) is 0 Å². The van der Waals surface area contributed by atoms with Gasteiger partial charge in [0.1, 0.15) is 0 Å². The maximum Gasteiger partial charge on any atom is 0.253 e. The summed E-state index contributed by atoms with van der Waals surface area (Å²) in [7, 11) is 0. The monoisotopic (exact) mass is 280 g/mol. The van der Waals surface area contributed by atoms with Crippen LogP contribution in [0, 0.1) is 0 Å². The van der Waals surface area contributed by atoms with E-state index in [0.717, 1.165) is 5.69 Å². The minimum absolute atomic E-state index is 0.262. The van der Waals surface area contributed by atoms with Crippen LogP contribution in [-0.2, 0) is 6.54 Å². The first kappa shape index (κ1) is 12.9. The first-order valence-corrected chi connectivity index (χ1v) is 6.06. The molecule has 92 valence electrons. The molecule has 18 heavy (non-hydrogen) atoms. The number of carbonyl (C=O) groups is 1. The lowest BCUT2D eigenvalue weighted by molar-refractivity contribution is 0.0950. The van der Waals surface area contributed by atoms with E-state index in [2.05, 4.69) is 10.3 Å². The highest BCUT2D eigenvalue weighted by Gasteiger charge is 2.12. The number of nitrogens with zero attached hydrogens (tertiary/aromatic N) is 1. The van der Waals surface area contributed by atoms with Gasteiger partial charge < -0.3 is 5.32 Å². The quantitative estimate of drug-likeness (QED) is 0.937. The lowest BCUT2D eigenvalue weighted by Crippen LogP contribution is -2.23. The fourth-order valence-corrected chi connectivity index (χ4v) is 1.83. The zero-order chi connectivity index (χ0) is 13.0. The second kappa shape index (κ2) is 5.85. The van der Waals surface area contributed by atoms with E-state index in [1.54, 1.807) is 24.4 Å². The van der Waals surface area contributed by atoms with Crippen molar-refractivity contribution in [3.63, 3.8) is 0 Å². The fraction of sp³-hybridized carbons (Fsp3) is 0.0769. The molecule has 0 unspecified atom stereocenters. The van der Waals surface area contributed by atoms with Gasteiger partial charge in [-0.2, -0.15) is 0 Å². The molecule has 0 fully saturated rings. The molecule has 3 nitrogen and oxygen atoms in total. The number of benzene rings is 1. The number of amides is 1. The molecule has 0 aliphatic rings. The van der Waals surface area contributed by atoms with Crippen LogP contribution in [0.25, 0.3) is 0 Å². The number of nitrogens with one attached hydrogen (secondary N) is 1. The molecule has 0 aliphatic carbocycles. The summed E-state index contributed by atoms with van der Waals surface area (Å²) in [5.41, 5.74) is 1.14. The van der Waals surface area contributed by atoms with Gasteiger partial charge in [0.25, 0.3) is 5.91 Å². The maximum atomic E-state index is 11.9. The summed E-state index contributed by atoms with van der Waals surface area (Å²) in [5, 5.41) is 3.36. The topological polar surface area (TPSA) is 42.0 Å². The third kappa shape index (κ3) is 3.00. The SMILES string of the molecule is O=C(NCc1ccccn1)c1cccc(Cl)c1Cl. The van der Waals surface area contributed by atoms with Gasteiger partial charge in [-0.05, 0) is 24.3 Å². The first-order valence-electron chi connectivity index (χ1n) is 5.30. The molecular formula is C13H10Cl2N2O. The molecule has 0 saturated heterocycles. The molecule has 1 N–H and O–H groups in total. The van der Waals surface area contributed by atoms with Crippen LogP contribution in [-0.4, -0.2) is 10.9 Å². The second-order valence-electron chi connectivity index (χ2n) is 3.61. The second-order valence-corrected chi connectivity index (χ2v) is 4.39. The van der Waals surface area contributed by atoms with E-state index in [1.807, 2.05) is 18.2 Å². The molecule has 2 rings (SSSR count). The van der Waals surface area contributed by atoms with Crippen LogP contribution in [0.15, 0.2) is 42.6 Å². The van der Waals surface area contributed by atoms with Gasteiger partial charge in [-0.3, -0.25) is 9.78 Å². The van der Waals surface area contributed by atoms with Crippen LogP contribution in [0.3, 0.4) is 0 Å². The van der Waals surface area contributed by atoms with E-state index in [0.29, 0.717) is 17.1 Å². The zero-order valence-electron chi connectivity index (χ0n) is 9.36. The Morgan fingerprint density at radius 2 is 2.00 bits per heavy atom. The number of rotatable bonds is 3.